The third-order valence-electron chi connectivity index (χ3n) is 4.09. The summed E-state index contributed by atoms with van der Waals surface area (Å²) >= 11 is 0. The van der Waals surface area contributed by atoms with Gasteiger partial charge in [-0.2, -0.15) is 0 Å². The molecule has 0 aliphatic carbocycles. The third kappa shape index (κ3) is 6.91. The molecule has 30 heavy (non-hydrogen) atoms. The zero-order chi connectivity index (χ0) is 20.6. The Morgan fingerprint density at radius 1 is 1.03 bits per heavy atom. The number of nitrogens with zero attached hydrogens (tertiary/aromatic N) is 2. The molecule has 0 saturated heterocycles. The standard InChI is InChI=1S/C23H26N4O2.HI/c1-4-28-20-7-5-6-8-21(20)29-22-10-9-18(14-25-22)15-26-23(24)27-19-12-16(2)11-17(3)13-19;/h5-14H,4,15H2,1-3H3,(H3,24,26,27);1H. The monoisotopic (exact) mass is 518 g/mol. The molecular weight excluding hydrogens is 491 g/mol. The molecule has 3 aromatic rings. The van der Waals surface area contributed by atoms with Gasteiger partial charge in [-0.05, 0) is 61.7 Å². The van der Waals surface area contributed by atoms with Gasteiger partial charge in [-0.15, -0.1) is 24.0 Å². The molecule has 0 unspecified atom stereocenters. The number of para-hydroxylation sites is 2. The minimum atomic E-state index is 0. The predicted molar refractivity (Wildman–Crippen MR) is 132 cm³/mol. The van der Waals surface area contributed by atoms with Gasteiger partial charge < -0.3 is 20.5 Å². The molecule has 7 heteroatoms. The number of benzene rings is 2. The first-order valence-electron chi connectivity index (χ1n) is 9.53. The van der Waals surface area contributed by atoms with Crippen molar-refractivity contribution < 1.29 is 9.47 Å². The van der Waals surface area contributed by atoms with Crippen molar-refractivity contribution in [2.45, 2.75) is 27.3 Å². The van der Waals surface area contributed by atoms with Crippen LogP contribution in [-0.2, 0) is 6.54 Å². The van der Waals surface area contributed by atoms with Crippen LogP contribution in [0.3, 0.4) is 0 Å². The maximum Gasteiger partial charge on any atom is 0.219 e. The summed E-state index contributed by atoms with van der Waals surface area (Å²) in [5.41, 5.74) is 10.2. The van der Waals surface area contributed by atoms with Gasteiger partial charge in [0.05, 0.1) is 13.2 Å². The van der Waals surface area contributed by atoms with E-state index in [-0.39, 0.29) is 24.0 Å². The van der Waals surface area contributed by atoms with Crippen LogP contribution in [0.5, 0.6) is 17.4 Å². The Hall–Kier alpha value is -2.81. The van der Waals surface area contributed by atoms with Gasteiger partial charge in [0.15, 0.2) is 17.5 Å². The van der Waals surface area contributed by atoms with Crippen molar-refractivity contribution in [3.8, 4) is 17.4 Å². The Morgan fingerprint density at radius 2 is 1.73 bits per heavy atom. The van der Waals surface area contributed by atoms with Crippen molar-refractivity contribution >= 4 is 35.6 Å². The van der Waals surface area contributed by atoms with E-state index in [0.717, 1.165) is 11.3 Å². The first-order chi connectivity index (χ1) is 14.0. The summed E-state index contributed by atoms with van der Waals surface area (Å²) in [4.78, 5) is 8.74. The molecule has 6 nitrogen and oxygen atoms in total. The average Bonchev–Trinajstić information content (AvgIpc) is 2.68. The summed E-state index contributed by atoms with van der Waals surface area (Å²) < 4.78 is 11.4. The number of nitrogens with two attached hydrogens (primary N) is 1. The number of rotatable bonds is 7. The number of halogens is 1. The molecule has 0 amide bonds. The Labute approximate surface area is 194 Å². The summed E-state index contributed by atoms with van der Waals surface area (Å²) in [6.07, 6.45) is 1.73. The van der Waals surface area contributed by atoms with Gasteiger partial charge in [0, 0.05) is 18.0 Å². The lowest BCUT2D eigenvalue weighted by atomic mass is 10.1. The van der Waals surface area contributed by atoms with Crippen molar-refractivity contribution in [3.63, 3.8) is 0 Å². The second-order valence-electron chi connectivity index (χ2n) is 6.69. The van der Waals surface area contributed by atoms with Crippen LogP contribution in [0.2, 0.25) is 0 Å². The summed E-state index contributed by atoms with van der Waals surface area (Å²) in [7, 11) is 0. The van der Waals surface area contributed by atoms with E-state index in [1.54, 1.807) is 12.3 Å². The number of ether oxygens (including phenoxy) is 2. The van der Waals surface area contributed by atoms with Crippen molar-refractivity contribution in [1.82, 2.24) is 4.98 Å². The van der Waals surface area contributed by atoms with Gasteiger partial charge in [-0.25, -0.2) is 9.98 Å². The number of nitrogens with one attached hydrogen (secondary N) is 1. The fraction of sp³-hybridized carbons (Fsp3) is 0.217. The Kier molecular flexibility index (Phi) is 8.91. The smallest absolute Gasteiger partial charge is 0.219 e. The Bertz CT molecular complexity index is 970. The van der Waals surface area contributed by atoms with Crippen LogP contribution < -0.4 is 20.5 Å². The highest BCUT2D eigenvalue weighted by Gasteiger charge is 2.06. The predicted octanol–water partition coefficient (Wildman–Crippen LogP) is 5.43. The minimum absolute atomic E-state index is 0. The van der Waals surface area contributed by atoms with Gasteiger partial charge in [0.1, 0.15) is 0 Å². The zero-order valence-corrected chi connectivity index (χ0v) is 19.7. The van der Waals surface area contributed by atoms with Crippen molar-refractivity contribution in [3.05, 3.63) is 77.5 Å². The fourth-order valence-corrected chi connectivity index (χ4v) is 2.90. The van der Waals surface area contributed by atoms with E-state index >= 15 is 0 Å². The summed E-state index contributed by atoms with van der Waals surface area (Å²) in [5.74, 6) is 2.18. The number of aromatic nitrogens is 1. The SMILES string of the molecule is CCOc1ccccc1Oc1ccc(CN=C(N)Nc2cc(C)cc(C)c2)cn1.I. The molecule has 3 N–H and O–H groups in total. The van der Waals surface area contributed by atoms with E-state index < -0.39 is 0 Å². The number of pyridine rings is 1. The van der Waals surface area contributed by atoms with Crippen LogP contribution >= 0.6 is 24.0 Å². The quantitative estimate of drug-likeness (QED) is 0.248. The number of hydrogen-bond donors (Lipinski definition) is 2. The minimum Gasteiger partial charge on any atom is -0.490 e. The van der Waals surface area contributed by atoms with Crippen LogP contribution in [0.1, 0.15) is 23.6 Å². The zero-order valence-electron chi connectivity index (χ0n) is 17.4. The molecule has 1 heterocycles. The summed E-state index contributed by atoms with van der Waals surface area (Å²) in [6.45, 7) is 7.03. The van der Waals surface area contributed by atoms with E-state index in [0.29, 0.717) is 36.5 Å². The molecule has 0 saturated carbocycles. The fourth-order valence-electron chi connectivity index (χ4n) is 2.90. The molecule has 2 aromatic carbocycles. The number of hydrogen-bond acceptors (Lipinski definition) is 4. The Balaban J connectivity index is 0.00000320. The van der Waals surface area contributed by atoms with Crippen LogP contribution in [0.15, 0.2) is 65.8 Å². The van der Waals surface area contributed by atoms with Crippen LogP contribution in [-0.4, -0.2) is 17.6 Å². The molecule has 0 atom stereocenters. The molecular formula is C23H27IN4O2. The average molecular weight is 518 g/mol. The van der Waals surface area contributed by atoms with Crippen molar-refractivity contribution in [2.24, 2.45) is 10.7 Å². The summed E-state index contributed by atoms with van der Waals surface area (Å²) in [5, 5.41) is 3.12. The topological polar surface area (TPSA) is 81.8 Å². The molecule has 0 bridgehead atoms. The number of aliphatic imine (C=N–C) groups is 1. The number of guanidine groups is 1. The van der Waals surface area contributed by atoms with E-state index in [1.807, 2.05) is 63.2 Å². The van der Waals surface area contributed by atoms with Gasteiger partial charge in [0.2, 0.25) is 5.88 Å². The van der Waals surface area contributed by atoms with Gasteiger partial charge in [0.25, 0.3) is 0 Å². The van der Waals surface area contributed by atoms with E-state index in [9.17, 15) is 0 Å². The van der Waals surface area contributed by atoms with Crippen LogP contribution in [0, 0.1) is 13.8 Å². The highest BCUT2D eigenvalue weighted by molar-refractivity contribution is 14.0. The van der Waals surface area contributed by atoms with Crippen molar-refractivity contribution in [2.75, 3.05) is 11.9 Å². The van der Waals surface area contributed by atoms with Gasteiger partial charge in [-0.3, -0.25) is 0 Å². The van der Waals surface area contributed by atoms with E-state index in [2.05, 4.69) is 21.4 Å². The maximum atomic E-state index is 6.01. The van der Waals surface area contributed by atoms with Crippen LogP contribution in [0.25, 0.3) is 0 Å². The highest BCUT2D eigenvalue weighted by atomic mass is 127. The normalized spacial score (nSPS) is 10.8. The summed E-state index contributed by atoms with van der Waals surface area (Å²) in [6, 6.07) is 17.4. The van der Waals surface area contributed by atoms with Gasteiger partial charge >= 0.3 is 0 Å². The maximum absolute atomic E-state index is 6.01. The molecule has 3 rings (SSSR count). The molecule has 0 spiro atoms. The molecule has 0 aliphatic heterocycles. The largest absolute Gasteiger partial charge is 0.490 e. The Morgan fingerprint density at radius 3 is 2.37 bits per heavy atom. The second-order valence-corrected chi connectivity index (χ2v) is 6.69. The number of anilines is 1. The lowest BCUT2D eigenvalue weighted by molar-refractivity contribution is 0.319. The first kappa shape index (κ1) is 23.5. The van der Waals surface area contributed by atoms with Crippen molar-refractivity contribution in [1.29, 1.82) is 0 Å². The van der Waals surface area contributed by atoms with Gasteiger partial charge in [-0.1, -0.05) is 24.3 Å². The lowest BCUT2D eigenvalue weighted by Crippen LogP contribution is -2.22. The second kappa shape index (κ2) is 11.4. The first-order valence-corrected chi connectivity index (χ1v) is 9.53. The van der Waals surface area contributed by atoms with E-state index in [4.69, 9.17) is 15.2 Å². The molecule has 0 aliphatic rings. The third-order valence-corrected chi connectivity index (χ3v) is 4.09. The number of aryl methyl sites for hydroxylation is 2. The lowest BCUT2D eigenvalue weighted by Gasteiger charge is -2.10. The van der Waals surface area contributed by atoms with E-state index in [1.165, 1.54) is 11.1 Å². The van der Waals surface area contributed by atoms with Crippen LogP contribution in [0.4, 0.5) is 5.69 Å². The molecule has 1 aromatic heterocycles. The molecule has 158 valence electrons. The molecule has 0 radical (unpaired) electrons. The highest BCUT2D eigenvalue weighted by Crippen LogP contribution is 2.30. The molecule has 0 fully saturated rings.